The Labute approximate surface area is 145 Å². The minimum atomic E-state index is -0.0310. The normalized spacial score (nSPS) is 11.1. The molecular formula is C19H21N3OS. The molecule has 124 valence electrons. The van der Waals surface area contributed by atoms with Crippen molar-refractivity contribution >= 4 is 32.6 Å². The van der Waals surface area contributed by atoms with E-state index < -0.39 is 0 Å². The SMILES string of the molecule is CC(C)CCNC(=O)c1cccc(-c2ccc3sc(N)nc3c2)c1. The number of fused-ring (bicyclic) bond motifs is 1. The molecule has 0 saturated heterocycles. The first-order chi connectivity index (χ1) is 11.5. The summed E-state index contributed by atoms with van der Waals surface area (Å²) in [6.45, 7) is 4.99. The number of nitrogens with two attached hydrogens (primary N) is 1. The summed E-state index contributed by atoms with van der Waals surface area (Å²) in [6, 6.07) is 13.7. The summed E-state index contributed by atoms with van der Waals surface area (Å²) >= 11 is 1.48. The number of benzene rings is 2. The number of carbonyl (C=O) groups is 1. The number of nitrogen functional groups attached to an aromatic ring is 1. The van der Waals surface area contributed by atoms with Crippen LogP contribution in [0.2, 0.25) is 0 Å². The molecule has 0 aliphatic rings. The molecular weight excluding hydrogens is 318 g/mol. The fourth-order valence-electron chi connectivity index (χ4n) is 2.54. The molecule has 0 atom stereocenters. The summed E-state index contributed by atoms with van der Waals surface area (Å²) in [7, 11) is 0. The van der Waals surface area contributed by atoms with Crippen molar-refractivity contribution < 1.29 is 4.79 Å². The molecule has 0 aliphatic heterocycles. The van der Waals surface area contributed by atoms with Crippen LogP contribution in [0.1, 0.15) is 30.6 Å². The third-order valence-corrected chi connectivity index (χ3v) is 4.74. The van der Waals surface area contributed by atoms with Crippen LogP contribution in [0.3, 0.4) is 0 Å². The van der Waals surface area contributed by atoms with Gasteiger partial charge in [-0.3, -0.25) is 4.79 Å². The van der Waals surface area contributed by atoms with E-state index in [4.69, 9.17) is 5.73 Å². The quantitative estimate of drug-likeness (QED) is 0.727. The van der Waals surface area contributed by atoms with Crippen LogP contribution >= 0.6 is 11.3 Å². The van der Waals surface area contributed by atoms with Crippen molar-refractivity contribution in [1.82, 2.24) is 10.3 Å². The van der Waals surface area contributed by atoms with Gasteiger partial charge >= 0.3 is 0 Å². The predicted octanol–water partition coefficient (Wildman–Crippen LogP) is 4.32. The van der Waals surface area contributed by atoms with Gasteiger partial charge in [-0.2, -0.15) is 0 Å². The fraction of sp³-hybridized carbons (Fsp3) is 0.263. The average molecular weight is 339 g/mol. The van der Waals surface area contributed by atoms with Crippen molar-refractivity contribution in [2.45, 2.75) is 20.3 Å². The maximum absolute atomic E-state index is 12.3. The molecule has 0 bridgehead atoms. The van der Waals surface area contributed by atoms with Crippen LogP contribution in [0, 0.1) is 5.92 Å². The number of aromatic nitrogens is 1. The van der Waals surface area contributed by atoms with Crippen LogP contribution in [0.4, 0.5) is 5.13 Å². The molecule has 0 spiro atoms. The molecule has 2 aromatic carbocycles. The minimum absolute atomic E-state index is 0.0310. The molecule has 3 rings (SSSR count). The monoisotopic (exact) mass is 339 g/mol. The van der Waals surface area contributed by atoms with Gasteiger partial charge in [0.2, 0.25) is 0 Å². The summed E-state index contributed by atoms with van der Waals surface area (Å²) in [4.78, 5) is 16.6. The average Bonchev–Trinajstić information content (AvgIpc) is 2.93. The van der Waals surface area contributed by atoms with Gasteiger partial charge in [-0.25, -0.2) is 4.98 Å². The van der Waals surface area contributed by atoms with Gasteiger partial charge in [-0.1, -0.05) is 43.4 Å². The standard InChI is InChI=1S/C19H21N3OS/c1-12(2)8-9-21-18(23)15-5-3-4-13(10-15)14-6-7-17-16(11-14)22-19(20)24-17/h3-7,10-12H,8-9H2,1-2H3,(H2,20,22)(H,21,23). The van der Waals surface area contributed by atoms with E-state index >= 15 is 0 Å². The Morgan fingerprint density at radius 1 is 1.21 bits per heavy atom. The molecule has 0 aliphatic carbocycles. The first-order valence-corrected chi connectivity index (χ1v) is 8.89. The summed E-state index contributed by atoms with van der Waals surface area (Å²) < 4.78 is 1.07. The fourth-order valence-corrected chi connectivity index (χ4v) is 3.26. The van der Waals surface area contributed by atoms with Gasteiger partial charge in [0.25, 0.3) is 5.91 Å². The third-order valence-electron chi connectivity index (χ3n) is 3.87. The molecule has 0 radical (unpaired) electrons. The van der Waals surface area contributed by atoms with E-state index in [0.717, 1.165) is 27.8 Å². The number of thiazole rings is 1. The van der Waals surface area contributed by atoms with E-state index in [2.05, 4.69) is 24.1 Å². The molecule has 1 heterocycles. The van der Waals surface area contributed by atoms with Crippen LogP contribution in [-0.2, 0) is 0 Å². The Balaban J connectivity index is 1.82. The zero-order valence-electron chi connectivity index (χ0n) is 13.9. The Hall–Kier alpha value is -2.40. The number of hydrogen-bond acceptors (Lipinski definition) is 4. The van der Waals surface area contributed by atoms with Crippen molar-refractivity contribution in [3.63, 3.8) is 0 Å². The van der Waals surface area contributed by atoms with Gasteiger partial charge in [0.15, 0.2) is 5.13 Å². The minimum Gasteiger partial charge on any atom is -0.375 e. The highest BCUT2D eigenvalue weighted by molar-refractivity contribution is 7.22. The molecule has 3 N–H and O–H groups in total. The number of nitrogens with one attached hydrogen (secondary N) is 1. The molecule has 5 heteroatoms. The van der Waals surface area contributed by atoms with Crippen molar-refractivity contribution in [3.8, 4) is 11.1 Å². The third kappa shape index (κ3) is 3.74. The van der Waals surface area contributed by atoms with Gasteiger partial charge in [0.05, 0.1) is 10.2 Å². The van der Waals surface area contributed by atoms with Crippen molar-refractivity contribution in [1.29, 1.82) is 0 Å². The molecule has 0 fully saturated rings. The van der Waals surface area contributed by atoms with Crippen LogP contribution in [-0.4, -0.2) is 17.4 Å². The molecule has 0 unspecified atom stereocenters. The van der Waals surface area contributed by atoms with Crippen molar-refractivity contribution in [2.24, 2.45) is 5.92 Å². The number of rotatable bonds is 5. The Morgan fingerprint density at radius 2 is 2.00 bits per heavy atom. The second kappa shape index (κ2) is 7.01. The van der Waals surface area contributed by atoms with Crippen LogP contribution in [0.25, 0.3) is 21.3 Å². The molecule has 4 nitrogen and oxygen atoms in total. The van der Waals surface area contributed by atoms with Crippen LogP contribution in [0.15, 0.2) is 42.5 Å². The maximum Gasteiger partial charge on any atom is 0.251 e. The van der Waals surface area contributed by atoms with Gasteiger partial charge < -0.3 is 11.1 Å². The highest BCUT2D eigenvalue weighted by Gasteiger charge is 2.08. The van der Waals surface area contributed by atoms with Gasteiger partial charge in [0, 0.05) is 12.1 Å². The van der Waals surface area contributed by atoms with Crippen LogP contribution < -0.4 is 11.1 Å². The first kappa shape index (κ1) is 16.5. The Kier molecular flexibility index (Phi) is 4.81. The predicted molar refractivity (Wildman–Crippen MR) is 101 cm³/mol. The lowest BCUT2D eigenvalue weighted by Crippen LogP contribution is -2.25. The molecule has 1 aromatic heterocycles. The number of carbonyl (C=O) groups excluding carboxylic acids is 1. The van der Waals surface area contributed by atoms with Gasteiger partial charge in [0.1, 0.15) is 0 Å². The van der Waals surface area contributed by atoms with E-state index in [1.807, 2.05) is 42.5 Å². The second-order valence-electron chi connectivity index (χ2n) is 6.25. The Bertz CT molecular complexity index is 870. The molecule has 1 amide bonds. The van der Waals surface area contributed by atoms with Crippen LogP contribution in [0.5, 0.6) is 0 Å². The van der Waals surface area contributed by atoms with Crippen molar-refractivity contribution in [2.75, 3.05) is 12.3 Å². The van der Waals surface area contributed by atoms with Crippen molar-refractivity contribution in [3.05, 3.63) is 48.0 Å². The van der Waals surface area contributed by atoms with Gasteiger partial charge in [-0.15, -0.1) is 0 Å². The lowest BCUT2D eigenvalue weighted by Gasteiger charge is -2.08. The van der Waals surface area contributed by atoms with E-state index in [0.29, 0.717) is 23.2 Å². The second-order valence-corrected chi connectivity index (χ2v) is 7.32. The number of amides is 1. The zero-order chi connectivity index (χ0) is 17.1. The lowest BCUT2D eigenvalue weighted by molar-refractivity contribution is 0.0952. The molecule has 24 heavy (non-hydrogen) atoms. The largest absolute Gasteiger partial charge is 0.375 e. The first-order valence-electron chi connectivity index (χ1n) is 8.07. The summed E-state index contributed by atoms with van der Waals surface area (Å²) in [6.07, 6.45) is 0.980. The highest BCUT2D eigenvalue weighted by atomic mass is 32.1. The highest BCUT2D eigenvalue weighted by Crippen LogP contribution is 2.29. The van der Waals surface area contributed by atoms with E-state index in [-0.39, 0.29) is 5.91 Å². The van der Waals surface area contributed by atoms with E-state index in [1.165, 1.54) is 11.3 Å². The summed E-state index contributed by atoms with van der Waals surface area (Å²) in [5.41, 5.74) is 9.36. The van der Waals surface area contributed by atoms with E-state index in [9.17, 15) is 4.79 Å². The van der Waals surface area contributed by atoms with Gasteiger partial charge in [-0.05, 0) is 47.7 Å². The number of nitrogens with zero attached hydrogens (tertiary/aromatic N) is 1. The smallest absolute Gasteiger partial charge is 0.251 e. The number of hydrogen-bond donors (Lipinski definition) is 2. The zero-order valence-corrected chi connectivity index (χ0v) is 14.7. The maximum atomic E-state index is 12.3. The summed E-state index contributed by atoms with van der Waals surface area (Å²) in [5, 5.41) is 3.55. The molecule has 0 saturated carbocycles. The number of anilines is 1. The topological polar surface area (TPSA) is 68.0 Å². The lowest BCUT2D eigenvalue weighted by atomic mass is 10.0. The van der Waals surface area contributed by atoms with E-state index in [1.54, 1.807) is 0 Å². The Morgan fingerprint density at radius 3 is 2.79 bits per heavy atom. The molecule has 3 aromatic rings. The summed E-state index contributed by atoms with van der Waals surface area (Å²) in [5.74, 6) is 0.547.